The molecule has 1 saturated heterocycles. The lowest BCUT2D eigenvalue weighted by Gasteiger charge is -2.60. The zero-order valence-corrected chi connectivity index (χ0v) is 27.3. The first kappa shape index (κ1) is 29.8. The van der Waals surface area contributed by atoms with E-state index in [2.05, 4.69) is 63.7 Å². The largest absolute Gasteiger partial charge is 0.368 e. The number of fused-ring (bicyclic) bond motifs is 1. The van der Waals surface area contributed by atoms with Crippen LogP contribution >= 0.6 is 0 Å². The standard InChI is InChI=1S/C33H47N7O3S/c1-32(2,3)38-13-11-37(12-14-38)26-9-10-29(34-22-26)39-15-16-40(28-8-6-5-7-27(28)39)31(41)35-30-24-17-23-18-25(30)21-33(19-23,20-24)36-44(4,42)43/h5-10,22-25,30,36H,11-21H2,1-4H3,(H,35,41). The Balaban J connectivity index is 1.03. The normalized spacial score (nSPS) is 30.4. The Morgan fingerprint density at radius 1 is 0.909 bits per heavy atom. The van der Waals surface area contributed by atoms with E-state index in [0.29, 0.717) is 30.8 Å². The summed E-state index contributed by atoms with van der Waals surface area (Å²) >= 11 is 0. The van der Waals surface area contributed by atoms with Crippen molar-refractivity contribution < 1.29 is 13.2 Å². The molecule has 3 heterocycles. The van der Waals surface area contributed by atoms with Gasteiger partial charge >= 0.3 is 6.03 Å². The minimum atomic E-state index is -3.28. The molecule has 0 radical (unpaired) electrons. The van der Waals surface area contributed by atoms with Gasteiger partial charge in [0, 0.05) is 56.4 Å². The zero-order chi connectivity index (χ0) is 30.9. The molecule has 10 nitrogen and oxygen atoms in total. The highest BCUT2D eigenvalue weighted by Gasteiger charge is 2.56. The molecule has 2 unspecified atom stereocenters. The third-order valence-corrected chi connectivity index (χ3v) is 11.6. The van der Waals surface area contributed by atoms with Gasteiger partial charge in [-0.2, -0.15) is 0 Å². The van der Waals surface area contributed by atoms with Gasteiger partial charge in [0.05, 0.1) is 29.5 Å². The van der Waals surface area contributed by atoms with Crippen LogP contribution in [0.2, 0.25) is 0 Å². The van der Waals surface area contributed by atoms with Gasteiger partial charge in [0.25, 0.3) is 0 Å². The number of anilines is 4. The second-order valence-electron chi connectivity index (χ2n) is 14.9. The van der Waals surface area contributed by atoms with Crippen LogP contribution in [0.15, 0.2) is 42.6 Å². The van der Waals surface area contributed by atoms with Crippen molar-refractivity contribution in [3.05, 3.63) is 42.6 Å². The van der Waals surface area contributed by atoms with Gasteiger partial charge in [-0.1, -0.05) is 12.1 Å². The number of amides is 2. The minimum Gasteiger partial charge on any atom is -0.368 e. The highest BCUT2D eigenvalue weighted by molar-refractivity contribution is 7.88. The molecular weight excluding hydrogens is 574 g/mol. The summed E-state index contributed by atoms with van der Waals surface area (Å²) in [5.41, 5.74) is 2.87. The average molecular weight is 622 g/mol. The number of hydrogen-bond donors (Lipinski definition) is 2. The van der Waals surface area contributed by atoms with E-state index in [1.807, 2.05) is 29.3 Å². The second kappa shape index (κ2) is 10.9. The first-order valence-electron chi connectivity index (χ1n) is 16.3. The summed E-state index contributed by atoms with van der Waals surface area (Å²) in [5, 5.41) is 3.43. The van der Waals surface area contributed by atoms with E-state index in [1.54, 1.807) is 0 Å². The quantitative estimate of drug-likeness (QED) is 0.517. The van der Waals surface area contributed by atoms with Crippen LogP contribution in [-0.4, -0.2) is 87.0 Å². The summed E-state index contributed by atoms with van der Waals surface area (Å²) in [7, 11) is -3.28. The number of carbonyl (C=O) groups is 1. The molecule has 0 spiro atoms. The number of nitrogens with one attached hydrogen (secondary N) is 2. The first-order valence-corrected chi connectivity index (χ1v) is 18.2. The van der Waals surface area contributed by atoms with Crippen LogP contribution in [-0.2, 0) is 10.0 Å². The molecule has 6 aliphatic rings. The van der Waals surface area contributed by atoms with E-state index < -0.39 is 10.0 Å². The number of para-hydroxylation sites is 2. The van der Waals surface area contributed by atoms with Crippen molar-refractivity contribution in [1.29, 1.82) is 0 Å². The Labute approximate surface area is 262 Å². The topological polar surface area (TPSA) is 101 Å². The number of nitrogens with zero attached hydrogens (tertiary/aromatic N) is 5. The molecular formula is C33H47N7O3S. The molecule has 2 aromatic rings. The van der Waals surface area contributed by atoms with Crippen LogP contribution in [0, 0.1) is 17.8 Å². The molecule has 1 aromatic carbocycles. The van der Waals surface area contributed by atoms with Crippen molar-refractivity contribution in [2.24, 2.45) is 17.8 Å². The monoisotopic (exact) mass is 621 g/mol. The molecule has 4 saturated carbocycles. The fraction of sp³-hybridized carbons (Fsp3) is 0.636. The molecule has 2 atom stereocenters. The molecule has 1 aromatic heterocycles. The van der Waals surface area contributed by atoms with Gasteiger partial charge in [-0.05, 0) is 94.9 Å². The maximum atomic E-state index is 13.9. The minimum absolute atomic E-state index is 0.0580. The molecule has 44 heavy (non-hydrogen) atoms. The van der Waals surface area contributed by atoms with Crippen molar-refractivity contribution in [3.63, 3.8) is 0 Å². The highest BCUT2D eigenvalue weighted by Crippen LogP contribution is 2.56. The third kappa shape index (κ3) is 5.67. The Morgan fingerprint density at radius 3 is 2.20 bits per heavy atom. The molecule has 2 aliphatic heterocycles. The molecule has 238 valence electrons. The van der Waals surface area contributed by atoms with Crippen LogP contribution in [0.5, 0.6) is 0 Å². The number of urea groups is 1. The SMILES string of the molecule is CC(C)(C)N1CCN(c2ccc(N3CCN(C(=O)NC4C5CC6CC4CC(NS(C)(=O)=O)(C6)C5)c4ccccc43)nc2)CC1. The van der Waals surface area contributed by atoms with Gasteiger partial charge in [0.2, 0.25) is 10.0 Å². The fourth-order valence-electron chi connectivity index (χ4n) is 9.17. The van der Waals surface area contributed by atoms with Crippen LogP contribution in [0.4, 0.5) is 27.7 Å². The predicted octanol–water partition coefficient (Wildman–Crippen LogP) is 4.17. The number of hydrogen-bond acceptors (Lipinski definition) is 7. The Bertz CT molecular complexity index is 1480. The highest BCUT2D eigenvalue weighted by atomic mass is 32.2. The summed E-state index contributed by atoms with van der Waals surface area (Å²) in [4.78, 5) is 27.8. The van der Waals surface area contributed by atoms with Crippen molar-refractivity contribution in [2.45, 2.75) is 70.0 Å². The summed E-state index contributed by atoms with van der Waals surface area (Å²) in [6, 6.07) is 12.4. The molecule has 4 bridgehead atoms. The number of pyridine rings is 1. The lowest BCUT2D eigenvalue weighted by atomic mass is 9.51. The van der Waals surface area contributed by atoms with E-state index in [-0.39, 0.29) is 23.2 Å². The number of carbonyl (C=O) groups excluding carboxylic acids is 1. The van der Waals surface area contributed by atoms with E-state index in [1.165, 1.54) is 6.26 Å². The van der Waals surface area contributed by atoms with Gasteiger partial charge in [-0.15, -0.1) is 0 Å². The number of rotatable bonds is 5. The molecule has 5 fully saturated rings. The maximum Gasteiger partial charge on any atom is 0.322 e. The number of aromatic nitrogens is 1. The fourth-order valence-corrected chi connectivity index (χ4v) is 10.2. The van der Waals surface area contributed by atoms with Crippen LogP contribution in [0.25, 0.3) is 0 Å². The molecule has 2 amide bonds. The van der Waals surface area contributed by atoms with E-state index in [4.69, 9.17) is 4.98 Å². The Kier molecular flexibility index (Phi) is 7.37. The smallest absolute Gasteiger partial charge is 0.322 e. The number of benzene rings is 1. The first-order chi connectivity index (χ1) is 20.9. The summed E-state index contributed by atoms with van der Waals surface area (Å²) in [5.74, 6) is 2.02. The maximum absolute atomic E-state index is 13.9. The number of piperazine rings is 1. The van der Waals surface area contributed by atoms with Crippen molar-refractivity contribution in [3.8, 4) is 0 Å². The van der Waals surface area contributed by atoms with E-state index >= 15 is 0 Å². The van der Waals surface area contributed by atoms with Gasteiger partial charge in [-0.3, -0.25) is 9.80 Å². The lowest BCUT2D eigenvalue weighted by molar-refractivity contribution is -0.0329. The predicted molar refractivity (Wildman–Crippen MR) is 175 cm³/mol. The molecule has 11 heteroatoms. The summed E-state index contributed by atoms with van der Waals surface area (Å²) in [6.07, 6.45) is 7.90. The number of sulfonamides is 1. The van der Waals surface area contributed by atoms with E-state index in [9.17, 15) is 13.2 Å². The van der Waals surface area contributed by atoms with Crippen molar-refractivity contribution >= 4 is 38.9 Å². The van der Waals surface area contributed by atoms with Gasteiger partial charge in [0.1, 0.15) is 5.82 Å². The molecule has 8 rings (SSSR count). The van der Waals surface area contributed by atoms with E-state index in [0.717, 1.165) is 81.2 Å². The molecule has 2 N–H and O–H groups in total. The van der Waals surface area contributed by atoms with Crippen molar-refractivity contribution in [1.82, 2.24) is 19.9 Å². The van der Waals surface area contributed by atoms with Gasteiger partial charge in [-0.25, -0.2) is 22.9 Å². The zero-order valence-electron chi connectivity index (χ0n) is 26.5. The Hall–Kier alpha value is -2.89. The van der Waals surface area contributed by atoms with Crippen LogP contribution < -0.4 is 24.7 Å². The summed E-state index contributed by atoms with van der Waals surface area (Å²) < 4.78 is 27.3. The second-order valence-corrected chi connectivity index (χ2v) is 16.7. The summed E-state index contributed by atoms with van der Waals surface area (Å²) in [6.45, 7) is 12.1. The Morgan fingerprint density at radius 2 is 1.59 bits per heavy atom. The lowest BCUT2D eigenvalue weighted by Crippen LogP contribution is -2.67. The van der Waals surface area contributed by atoms with Gasteiger partial charge < -0.3 is 15.1 Å². The van der Waals surface area contributed by atoms with Gasteiger partial charge in [0.15, 0.2) is 0 Å². The van der Waals surface area contributed by atoms with Crippen molar-refractivity contribution in [2.75, 3.05) is 60.2 Å². The van der Waals surface area contributed by atoms with Crippen LogP contribution in [0.1, 0.15) is 52.9 Å². The molecule has 4 aliphatic carbocycles. The van der Waals surface area contributed by atoms with Crippen LogP contribution in [0.3, 0.4) is 0 Å². The average Bonchev–Trinajstić information content (AvgIpc) is 2.96. The third-order valence-electron chi connectivity index (χ3n) is 10.8.